The van der Waals surface area contributed by atoms with Crippen LogP contribution in [0.2, 0.25) is 0 Å². The zero-order valence-corrected chi connectivity index (χ0v) is 22.0. The van der Waals surface area contributed by atoms with Crippen LogP contribution in [0.1, 0.15) is 68.4 Å². The minimum atomic E-state index is 0.202. The number of benzene rings is 3. The smallest absolute Gasteiger partial charge is 0.201 e. The minimum Gasteiger partial charge on any atom is -0.201 e. The highest BCUT2D eigenvalue weighted by molar-refractivity contribution is 5.87. The molecule has 0 spiro atoms. The molecule has 0 unspecified atom stereocenters. The molecule has 4 aromatic rings. The zero-order chi connectivity index (χ0) is 24.5. The molecular formula is C34H36N+. The first-order valence-electron chi connectivity index (χ1n) is 13.0. The molecule has 2 aliphatic carbocycles. The summed E-state index contributed by atoms with van der Waals surface area (Å²) in [5, 5.41) is 0. The van der Waals surface area contributed by atoms with Crippen LogP contribution < -0.4 is 4.57 Å². The van der Waals surface area contributed by atoms with E-state index in [9.17, 15) is 0 Å². The molecule has 1 heteroatoms. The molecule has 1 heterocycles. The van der Waals surface area contributed by atoms with Crippen molar-refractivity contribution in [2.45, 2.75) is 64.7 Å². The molecule has 35 heavy (non-hydrogen) atoms. The van der Waals surface area contributed by atoms with Gasteiger partial charge in [0, 0.05) is 11.6 Å². The monoisotopic (exact) mass is 458 g/mol. The third-order valence-electron chi connectivity index (χ3n) is 8.76. The van der Waals surface area contributed by atoms with Crippen molar-refractivity contribution in [3.8, 4) is 33.5 Å². The molecule has 1 nitrogen and oxygen atoms in total. The van der Waals surface area contributed by atoms with Gasteiger partial charge in [0.25, 0.3) is 0 Å². The van der Waals surface area contributed by atoms with E-state index in [1.807, 2.05) is 0 Å². The Balaban J connectivity index is 1.54. The highest BCUT2D eigenvalue weighted by atomic mass is 14.9. The van der Waals surface area contributed by atoms with Gasteiger partial charge in [-0.1, -0.05) is 82.3 Å². The van der Waals surface area contributed by atoms with E-state index < -0.39 is 0 Å². The summed E-state index contributed by atoms with van der Waals surface area (Å²) in [5.41, 5.74) is 15.9. The van der Waals surface area contributed by atoms with Crippen molar-refractivity contribution in [3.63, 3.8) is 0 Å². The Morgan fingerprint density at radius 1 is 0.714 bits per heavy atom. The third-order valence-corrected chi connectivity index (χ3v) is 8.76. The van der Waals surface area contributed by atoms with Crippen molar-refractivity contribution in [2.24, 2.45) is 7.05 Å². The zero-order valence-electron chi connectivity index (χ0n) is 22.0. The van der Waals surface area contributed by atoms with E-state index in [1.165, 1.54) is 74.2 Å². The van der Waals surface area contributed by atoms with Gasteiger partial charge in [-0.3, -0.25) is 0 Å². The predicted molar refractivity (Wildman–Crippen MR) is 147 cm³/mol. The molecule has 0 N–H and O–H groups in total. The number of fused-ring (bicyclic) bond motifs is 4. The topological polar surface area (TPSA) is 3.88 Å². The van der Waals surface area contributed by atoms with Gasteiger partial charge < -0.3 is 0 Å². The second-order valence-corrected chi connectivity index (χ2v) is 12.1. The summed E-state index contributed by atoms with van der Waals surface area (Å²) < 4.78 is 2.39. The van der Waals surface area contributed by atoms with Gasteiger partial charge in [-0.2, -0.15) is 0 Å². The number of aromatic nitrogens is 1. The lowest BCUT2D eigenvalue weighted by molar-refractivity contribution is -0.661. The molecule has 0 bridgehead atoms. The summed E-state index contributed by atoms with van der Waals surface area (Å²) in [5.74, 6) is 0. The Bertz CT molecular complexity index is 1470. The van der Waals surface area contributed by atoms with Gasteiger partial charge in [0.15, 0.2) is 6.20 Å². The summed E-state index contributed by atoms with van der Waals surface area (Å²) in [7, 11) is 2.24. The number of hydrogen-bond acceptors (Lipinski definition) is 0. The molecule has 0 radical (unpaired) electrons. The van der Waals surface area contributed by atoms with E-state index >= 15 is 0 Å². The van der Waals surface area contributed by atoms with Crippen LogP contribution in [0, 0.1) is 6.92 Å². The van der Waals surface area contributed by atoms with Crippen LogP contribution in [0.5, 0.6) is 0 Å². The lowest BCUT2D eigenvalue weighted by atomic mass is 9.63. The van der Waals surface area contributed by atoms with Gasteiger partial charge in [-0.05, 0) is 87.6 Å². The van der Waals surface area contributed by atoms with Gasteiger partial charge in [0.2, 0.25) is 5.69 Å². The van der Waals surface area contributed by atoms with Crippen LogP contribution in [0.25, 0.3) is 33.5 Å². The number of aryl methyl sites for hydroxylation is 2. The summed E-state index contributed by atoms with van der Waals surface area (Å²) in [6.07, 6.45) is 5.91. The van der Waals surface area contributed by atoms with Gasteiger partial charge in [0.05, 0.1) is 5.56 Å². The molecule has 1 aromatic heterocycles. The second kappa shape index (κ2) is 7.65. The number of pyridine rings is 1. The van der Waals surface area contributed by atoms with Crippen LogP contribution in [0.3, 0.4) is 0 Å². The Labute approximate surface area is 210 Å². The Kier molecular flexibility index (Phi) is 4.87. The lowest BCUT2D eigenvalue weighted by Crippen LogP contribution is -2.40. The molecule has 0 saturated carbocycles. The van der Waals surface area contributed by atoms with Crippen molar-refractivity contribution in [1.29, 1.82) is 0 Å². The maximum Gasteiger partial charge on any atom is 0.213 e. The fraction of sp³-hybridized carbons (Fsp3) is 0.324. The second-order valence-electron chi connectivity index (χ2n) is 12.1. The minimum absolute atomic E-state index is 0.202. The highest BCUT2D eigenvalue weighted by Crippen LogP contribution is 2.48. The average Bonchev–Trinajstić information content (AvgIpc) is 3.20. The lowest BCUT2D eigenvalue weighted by Gasteiger charge is -2.40. The molecule has 0 amide bonds. The van der Waals surface area contributed by atoms with Gasteiger partial charge >= 0.3 is 0 Å². The third kappa shape index (κ3) is 3.47. The van der Waals surface area contributed by atoms with Crippen LogP contribution in [-0.2, 0) is 24.3 Å². The van der Waals surface area contributed by atoms with Crippen molar-refractivity contribution in [2.75, 3.05) is 0 Å². The Morgan fingerprint density at radius 3 is 2.17 bits per heavy atom. The standard InChI is InChI=1S/C34H36N/c1-22-12-15-26-27-18-24(23-10-8-7-9-11-23)13-14-25(27)19-28(26)32(22)31-20-29-30(21-35(31)6)34(4,5)17-16-33(29,2)3/h7-15,18,20-21H,16-17,19H2,1-6H3/q+1. The molecule has 0 fully saturated rings. The fourth-order valence-electron chi connectivity index (χ4n) is 6.43. The van der Waals surface area contributed by atoms with Crippen LogP contribution in [0.15, 0.2) is 72.9 Å². The maximum absolute atomic E-state index is 2.53. The van der Waals surface area contributed by atoms with Crippen molar-refractivity contribution in [3.05, 3.63) is 101 Å². The van der Waals surface area contributed by atoms with Crippen LogP contribution in [0.4, 0.5) is 0 Å². The average molecular weight is 459 g/mol. The predicted octanol–water partition coefficient (Wildman–Crippen LogP) is 8.07. The normalized spacial score (nSPS) is 17.0. The quantitative estimate of drug-likeness (QED) is 0.235. The molecule has 176 valence electrons. The van der Waals surface area contributed by atoms with Crippen LogP contribution in [-0.4, -0.2) is 0 Å². The molecule has 0 aliphatic heterocycles. The molecule has 0 atom stereocenters. The van der Waals surface area contributed by atoms with E-state index in [0.717, 1.165) is 6.42 Å². The summed E-state index contributed by atoms with van der Waals surface area (Å²) in [6.45, 7) is 11.9. The molecule has 3 aromatic carbocycles. The number of nitrogens with zero attached hydrogens (tertiary/aromatic N) is 1. The van der Waals surface area contributed by atoms with Gasteiger partial charge in [-0.25, -0.2) is 4.57 Å². The molecule has 2 aliphatic rings. The van der Waals surface area contributed by atoms with E-state index in [1.54, 1.807) is 0 Å². The molecular weight excluding hydrogens is 422 g/mol. The van der Waals surface area contributed by atoms with Crippen molar-refractivity contribution in [1.82, 2.24) is 0 Å². The summed E-state index contributed by atoms with van der Waals surface area (Å²) in [6, 6.07) is 25.0. The van der Waals surface area contributed by atoms with Crippen molar-refractivity contribution < 1.29 is 4.57 Å². The number of rotatable bonds is 2. The highest BCUT2D eigenvalue weighted by Gasteiger charge is 2.40. The van der Waals surface area contributed by atoms with Crippen LogP contribution >= 0.6 is 0 Å². The van der Waals surface area contributed by atoms with E-state index in [0.29, 0.717) is 0 Å². The maximum atomic E-state index is 2.53. The Morgan fingerprint density at radius 2 is 1.43 bits per heavy atom. The van der Waals surface area contributed by atoms with E-state index in [-0.39, 0.29) is 10.8 Å². The molecule has 6 rings (SSSR count). The van der Waals surface area contributed by atoms with E-state index in [4.69, 9.17) is 0 Å². The first-order chi connectivity index (χ1) is 16.7. The Hall–Kier alpha value is -3.19. The first kappa shape index (κ1) is 22.3. The summed E-state index contributed by atoms with van der Waals surface area (Å²) in [4.78, 5) is 0. The SMILES string of the molecule is Cc1ccc2c(c1-c1cc3c(c[n+]1C)C(C)(C)CCC3(C)C)Cc1ccc(-c3ccccc3)cc1-2. The molecule has 0 saturated heterocycles. The largest absolute Gasteiger partial charge is 0.213 e. The van der Waals surface area contributed by atoms with Gasteiger partial charge in [0.1, 0.15) is 7.05 Å². The first-order valence-corrected chi connectivity index (χ1v) is 13.0. The number of hydrogen-bond donors (Lipinski definition) is 0. The van der Waals surface area contributed by atoms with Crippen molar-refractivity contribution >= 4 is 0 Å². The summed E-state index contributed by atoms with van der Waals surface area (Å²) >= 11 is 0. The van der Waals surface area contributed by atoms with E-state index in [2.05, 4.69) is 119 Å². The van der Waals surface area contributed by atoms with Gasteiger partial charge in [-0.15, -0.1) is 0 Å². The fourth-order valence-corrected chi connectivity index (χ4v) is 6.43.